The Bertz CT molecular complexity index is 4030. The van der Waals surface area contributed by atoms with Gasteiger partial charge in [0.2, 0.25) is 41.4 Å². The summed E-state index contributed by atoms with van der Waals surface area (Å²) in [6.45, 7) is 13.1. The van der Waals surface area contributed by atoms with Gasteiger partial charge in [0, 0.05) is 95.4 Å². The minimum atomic E-state index is -1.13. The number of carbonyl (C=O) groups excluding carboxylic acids is 9. The molecule has 3 fully saturated rings. The number of nitrogens with zero attached hydrogens (tertiary/aromatic N) is 10. The number of benzene rings is 3. The lowest BCUT2D eigenvalue weighted by atomic mass is 9.91. The predicted octanol–water partition coefficient (Wildman–Crippen LogP) is 3.58. The molecule has 3 saturated heterocycles. The molecule has 5 aliphatic rings. The normalized spacial score (nSPS) is 18.5. The Kier molecular flexibility index (Phi) is 25.5. The molecule has 552 valence electrons. The lowest BCUT2D eigenvalue weighted by Crippen LogP contribution is -2.61. The molecule has 6 aromatic rings. The summed E-state index contributed by atoms with van der Waals surface area (Å²) in [5.74, 6) is -3.57. The maximum atomic E-state index is 14.4. The molecule has 11 rings (SSSR count). The summed E-state index contributed by atoms with van der Waals surface area (Å²) in [7, 11) is 0. The van der Waals surface area contributed by atoms with Crippen molar-refractivity contribution in [1.29, 1.82) is 0 Å². The lowest BCUT2D eigenvalue weighted by Gasteiger charge is -2.49. The molecule has 5 aliphatic heterocycles. The van der Waals surface area contributed by atoms with Gasteiger partial charge in [-0.25, -0.2) is 4.98 Å². The number of unbranched alkanes of at least 4 members (excludes halogenated alkanes) is 2. The van der Waals surface area contributed by atoms with E-state index in [9.17, 15) is 53.4 Å². The average molecular weight is 1450 g/mol. The Morgan fingerprint density at radius 2 is 1.46 bits per heavy atom. The number of amides is 9. The van der Waals surface area contributed by atoms with Crippen molar-refractivity contribution < 1.29 is 62.6 Å². The van der Waals surface area contributed by atoms with E-state index in [1.807, 2.05) is 80.6 Å². The van der Waals surface area contributed by atoms with E-state index in [-0.39, 0.29) is 105 Å². The highest BCUT2D eigenvalue weighted by atomic mass is 32.1. The van der Waals surface area contributed by atoms with Crippen LogP contribution in [0.15, 0.2) is 113 Å². The molecule has 0 spiro atoms. The first-order valence-corrected chi connectivity index (χ1v) is 36.6. The fourth-order valence-corrected chi connectivity index (χ4v) is 14.9. The van der Waals surface area contributed by atoms with Gasteiger partial charge in [-0.15, -0.1) is 21.5 Å². The summed E-state index contributed by atoms with van der Waals surface area (Å²) in [6.07, 6.45) is 5.44. The quantitative estimate of drug-likeness (QED) is 0.0221. The molecule has 0 saturated carbocycles. The summed E-state index contributed by atoms with van der Waals surface area (Å²) in [6, 6.07) is 25.1. The molecular weight excluding hydrogens is 1350 g/mol. The monoisotopic (exact) mass is 1440 g/mol. The Morgan fingerprint density at radius 1 is 0.740 bits per heavy atom. The van der Waals surface area contributed by atoms with Crippen molar-refractivity contribution in [2.75, 3.05) is 108 Å². The van der Waals surface area contributed by atoms with Gasteiger partial charge in [0.15, 0.2) is 11.6 Å². The van der Waals surface area contributed by atoms with E-state index < -0.39 is 60.8 Å². The van der Waals surface area contributed by atoms with E-state index in [1.165, 1.54) is 17.1 Å². The molecule has 3 aromatic heterocycles. The molecule has 6 atom stereocenters. The second-order valence-electron chi connectivity index (χ2n) is 27.5. The number of β-amino-alcohol motifs (C(OH)–C–C–N with tert-alkyl or cyclic N) is 1. The number of hydrogen-bond donors (Lipinski definition) is 8. The molecule has 3 aromatic carbocycles. The predicted molar refractivity (Wildman–Crippen MR) is 386 cm³/mol. The number of nitrogens with one attached hydrogen (secondary N) is 6. The SMILES string of the molecule is Cc1ncsc1-c1ccc([C@H](C)NC(=O)[C@@H]2C[C@@H](O)CN2C(=O)[C@@H](c2cc(OCCN3CCC(CN4CCN5c6cc(-c7ccccc7O)nnc6N(CNC(=O)CNC(=O)[C@H](Cc6ccccc6)NC(=O)CNC(=O)CNC(=O)CCCCCN6C(=O)C=CC6=O)C[C@H]5C4)CC3)no2)C(C)C)cc1. The van der Waals surface area contributed by atoms with Crippen LogP contribution in [0.5, 0.6) is 11.6 Å². The third kappa shape index (κ3) is 19.6. The zero-order valence-corrected chi connectivity index (χ0v) is 59.9. The van der Waals surface area contributed by atoms with Gasteiger partial charge in [-0.1, -0.05) is 87.0 Å². The molecule has 8 heterocycles. The van der Waals surface area contributed by atoms with Gasteiger partial charge in [-0.3, -0.25) is 57.9 Å². The molecule has 0 radical (unpaired) electrons. The third-order valence-electron chi connectivity index (χ3n) is 19.7. The molecule has 30 heteroatoms. The number of phenolic OH excluding ortho intramolecular Hbond substituents is 1. The largest absolute Gasteiger partial charge is 0.507 e. The highest BCUT2D eigenvalue weighted by Crippen LogP contribution is 2.40. The maximum absolute atomic E-state index is 14.4. The lowest BCUT2D eigenvalue weighted by molar-refractivity contribution is -0.141. The number of aliphatic hydroxyl groups is 1. The van der Waals surface area contributed by atoms with Crippen LogP contribution in [0.2, 0.25) is 0 Å². The average Bonchev–Trinajstić information content (AvgIpc) is 1.13. The highest BCUT2D eigenvalue weighted by Gasteiger charge is 2.44. The summed E-state index contributed by atoms with van der Waals surface area (Å²) >= 11 is 1.57. The number of hydrogen-bond acceptors (Lipinski definition) is 22. The fourth-order valence-electron chi connectivity index (χ4n) is 14.0. The van der Waals surface area contributed by atoms with Gasteiger partial charge >= 0.3 is 0 Å². The van der Waals surface area contributed by atoms with Crippen molar-refractivity contribution >= 4 is 76.0 Å². The van der Waals surface area contributed by atoms with E-state index in [1.54, 1.807) is 59.9 Å². The first-order valence-electron chi connectivity index (χ1n) is 35.7. The summed E-state index contributed by atoms with van der Waals surface area (Å²) < 4.78 is 11.9. The van der Waals surface area contributed by atoms with E-state index in [2.05, 4.69) is 66.9 Å². The van der Waals surface area contributed by atoms with Crippen LogP contribution in [0, 0.1) is 18.8 Å². The van der Waals surface area contributed by atoms with Crippen molar-refractivity contribution in [2.45, 2.75) is 115 Å². The smallest absolute Gasteiger partial charge is 0.254 e. The number of ether oxygens (including phenoxy) is 1. The summed E-state index contributed by atoms with van der Waals surface area (Å²) in [5, 5.41) is 51.4. The van der Waals surface area contributed by atoms with Crippen molar-refractivity contribution in [3.05, 3.63) is 131 Å². The van der Waals surface area contributed by atoms with E-state index in [4.69, 9.17) is 9.26 Å². The van der Waals surface area contributed by atoms with Crippen LogP contribution in [-0.2, 0) is 49.6 Å². The van der Waals surface area contributed by atoms with Crippen LogP contribution in [0.25, 0.3) is 21.7 Å². The molecule has 0 aliphatic carbocycles. The number of phenols is 1. The standard InChI is InChI=1S/C74H92N16O13S/c1-46(2)69(74(101)90-43-54(91)34-59(90)73(100)80-47(3)51-18-20-52(21-19-51)70-48(4)79-45-104-70)61-36-66(84-103-61)102-32-31-85-27-24-50(25-28-85)40-86-29-30-88-53(41-86)42-87(71-58(88)35-56(82-83-71)55-15-10-11-16-60(55)92)44-78-64(95)38-77-72(99)57(33-49-13-7-5-8-14-49)81-65(96)39-76-63(94)37-75-62(93)17-9-6-12-26-89-67(97)22-23-68(89)98/h5,7-8,10-11,13-16,18-23,35-36,45-47,50,53-54,57,59,69,91-92H,6,9,12,17,24-34,37-44H2,1-4H3,(H,75,93)(H,76,94)(H,77,99)(H,78,95)(H,80,100)(H,81,96)/t47-,53+,54+,57-,59-,69+/m0/s1. The molecule has 9 amide bonds. The van der Waals surface area contributed by atoms with Gasteiger partial charge in [0.25, 0.3) is 17.7 Å². The Hall–Kier alpha value is -10.2. The van der Waals surface area contributed by atoms with Crippen LogP contribution >= 0.6 is 11.3 Å². The van der Waals surface area contributed by atoms with Crippen LogP contribution in [-0.4, -0.2) is 226 Å². The van der Waals surface area contributed by atoms with Gasteiger partial charge in [-0.05, 0) is 105 Å². The van der Waals surface area contributed by atoms with Crippen LogP contribution in [0.1, 0.15) is 100 Å². The molecule has 29 nitrogen and oxygen atoms in total. The van der Waals surface area contributed by atoms with Gasteiger partial charge < -0.3 is 66.1 Å². The number of thiazole rings is 1. The van der Waals surface area contributed by atoms with Crippen molar-refractivity contribution in [1.82, 2.24) is 71.8 Å². The number of fused-ring (bicyclic) bond motifs is 3. The van der Waals surface area contributed by atoms with Crippen LogP contribution in [0.3, 0.4) is 0 Å². The summed E-state index contributed by atoms with van der Waals surface area (Å²) in [4.78, 5) is 135. The number of para-hydroxylation sites is 1. The number of anilines is 2. The zero-order chi connectivity index (χ0) is 73.4. The Morgan fingerprint density at radius 3 is 2.20 bits per heavy atom. The molecule has 104 heavy (non-hydrogen) atoms. The van der Waals surface area contributed by atoms with E-state index >= 15 is 0 Å². The maximum Gasteiger partial charge on any atom is 0.254 e. The van der Waals surface area contributed by atoms with Crippen molar-refractivity contribution in [3.63, 3.8) is 0 Å². The number of aromatic nitrogens is 4. The summed E-state index contributed by atoms with van der Waals surface area (Å²) in [5.41, 5.74) is 7.29. The topological polar surface area (TPSA) is 360 Å². The molecular formula is C74H92N16O13S. The van der Waals surface area contributed by atoms with Crippen LogP contribution in [0.4, 0.5) is 11.5 Å². The van der Waals surface area contributed by atoms with E-state index in [0.29, 0.717) is 74.3 Å². The number of likely N-dealkylation sites (tertiary alicyclic amines) is 2. The molecule has 8 N–H and O–H groups in total. The van der Waals surface area contributed by atoms with Crippen molar-refractivity contribution in [3.8, 4) is 33.3 Å². The first-order chi connectivity index (χ1) is 50.2. The number of aliphatic hydroxyl groups excluding tert-OH is 1. The number of aryl methyl sites for hydroxylation is 1. The van der Waals surface area contributed by atoms with E-state index in [0.717, 1.165) is 83.4 Å². The Balaban J connectivity index is 0.626. The minimum absolute atomic E-state index is 0.0156. The number of aromatic hydroxyl groups is 1. The van der Waals surface area contributed by atoms with Crippen LogP contribution < -0.4 is 46.4 Å². The van der Waals surface area contributed by atoms with Gasteiger partial charge in [0.05, 0.1) is 72.0 Å². The fraction of sp³-hybridized carbons (Fsp3) is 0.473. The molecule has 0 unspecified atom stereocenters. The Labute approximate surface area is 607 Å². The number of piperazine rings is 1. The number of piperidine rings is 1. The minimum Gasteiger partial charge on any atom is -0.507 e. The van der Waals surface area contributed by atoms with Gasteiger partial charge in [-0.2, -0.15) is 0 Å². The molecule has 0 bridgehead atoms. The second kappa shape index (κ2) is 35.3. The first kappa shape index (κ1) is 75.0. The van der Waals surface area contributed by atoms with Crippen molar-refractivity contribution in [2.24, 2.45) is 11.8 Å². The third-order valence-corrected chi connectivity index (χ3v) is 20.7. The number of rotatable bonds is 32. The zero-order valence-electron chi connectivity index (χ0n) is 59.0. The highest BCUT2D eigenvalue weighted by molar-refractivity contribution is 7.13. The number of carbonyl (C=O) groups is 9. The van der Waals surface area contributed by atoms with Gasteiger partial charge in [0.1, 0.15) is 30.4 Å². The second-order valence-corrected chi connectivity index (χ2v) is 28.4. The number of imide groups is 1.